The lowest BCUT2D eigenvalue weighted by molar-refractivity contribution is 0.00996. The van der Waals surface area contributed by atoms with Gasteiger partial charge in [0.15, 0.2) is 0 Å². The topological polar surface area (TPSA) is 46.6 Å². The van der Waals surface area contributed by atoms with Crippen molar-refractivity contribution in [3.8, 4) is 0 Å². The van der Waals surface area contributed by atoms with Crippen LogP contribution < -0.4 is 0 Å². The van der Waals surface area contributed by atoms with Crippen LogP contribution in [0.15, 0.2) is 0 Å². The lowest BCUT2D eigenvalue weighted by Crippen LogP contribution is -2.46. The van der Waals surface area contributed by atoms with Gasteiger partial charge in [0, 0.05) is 13.1 Å². The maximum Gasteiger partial charge on any atom is 0.216 e. The van der Waals surface area contributed by atoms with E-state index in [0.29, 0.717) is 19.7 Å². The summed E-state index contributed by atoms with van der Waals surface area (Å²) >= 11 is 0. The van der Waals surface area contributed by atoms with Crippen molar-refractivity contribution in [3.63, 3.8) is 0 Å². The fourth-order valence-corrected chi connectivity index (χ4v) is 2.66. The highest BCUT2D eigenvalue weighted by atomic mass is 32.2. The second-order valence-corrected chi connectivity index (χ2v) is 6.12. The molecule has 1 aliphatic heterocycles. The van der Waals surface area contributed by atoms with Crippen molar-refractivity contribution < 1.29 is 13.2 Å². The summed E-state index contributed by atoms with van der Waals surface area (Å²) < 4.78 is 30.2. The van der Waals surface area contributed by atoms with Gasteiger partial charge in [-0.05, 0) is 20.8 Å². The SMILES string of the molecule is CC(C)S(=O)(=O)N1CCO[C@H](C)C1. The van der Waals surface area contributed by atoms with Gasteiger partial charge in [-0.3, -0.25) is 0 Å². The largest absolute Gasteiger partial charge is 0.376 e. The van der Waals surface area contributed by atoms with Crippen molar-refractivity contribution >= 4 is 10.0 Å². The first-order chi connectivity index (χ1) is 5.94. The van der Waals surface area contributed by atoms with Crippen LogP contribution in [-0.4, -0.2) is 43.8 Å². The number of rotatable bonds is 2. The minimum atomic E-state index is -3.08. The summed E-state index contributed by atoms with van der Waals surface area (Å²) in [5, 5.41) is -0.335. The van der Waals surface area contributed by atoms with Gasteiger partial charge in [0.1, 0.15) is 0 Å². The van der Waals surface area contributed by atoms with E-state index in [0.717, 1.165) is 0 Å². The van der Waals surface area contributed by atoms with Gasteiger partial charge in [-0.25, -0.2) is 8.42 Å². The molecule has 1 aliphatic rings. The molecule has 1 atom stereocenters. The zero-order chi connectivity index (χ0) is 10.1. The number of nitrogens with zero attached hydrogens (tertiary/aromatic N) is 1. The highest BCUT2D eigenvalue weighted by molar-refractivity contribution is 7.89. The molecule has 0 amide bonds. The van der Waals surface area contributed by atoms with Crippen LogP contribution in [0.5, 0.6) is 0 Å². The monoisotopic (exact) mass is 207 g/mol. The van der Waals surface area contributed by atoms with E-state index < -0.39 is 10.0 Å². The second-order valence-electron chi connectivity index (χ2n) is 3.63. The Bertz CT molecular complexity index is 261. The Labute approximate surface area is 79.9 Å². The molecule has 1 heterocycles. The van der Waals surface area contributed by atoms with Gasteiger partial charge in [0.05, 0.1) is 18.0 Å². The lowest BCUT2D eigenvalue weighted by atomic mass is 10.3. The Hall–Kier alpha value is -0.130. The Morgan fingerprint density at radius 1 is 1.46 bits per heavy atom. The van der Waals surface area contributed by atoms with E-state index in [1.807, 2.05) is 6.92 Å². The van der Waals surface area contributed by atoms with Crippen molar-refractivity contribution in [2.45, 2.75) is 32.1 Å². The van der Waals surface area contributed by atoms with Crippen LogP contribution in [0.25, 0.3) is 0 Å². The molecule has 78 valence electrons. The van der Waals surface area contributed by atoms with Crippen molar-refractivity contribution in [2.75, 3.05) is 19.7 Å². The zero-order valence-electron chi connectivity index (χ0n) is 8.36. The van der Waals surface area contributed by atoms with Crippen molar-refractivity contribution in [1.82, 2.24) is 4.31 Å². The summed E-state index contributed by atoms with van der Waals surface area (Å²) in [7, 11) is -3.08. The molecule has 1 rings (SSSR count). The number of sulfonamides is 1. The first-order valence-electron chi connectivity index (χ1n) is 4.55. The van der Waals surface area contributed by atoms with Crippen LogP contribution in [0.3, 0.4) is 0 Å². The number of morpholine rings is 1. The van der Waals surface area contributed by atoms with E-state index in [1.165, 1.54) is 4.31 Å². The highest BCUT2D eigenvalue weighted by Gasteiger charge is 2.29. The summed E-state index contributed by atoms with van der Waals surface area (Å²) in [6.07, 6.45) is 0.0160. The minimum absolute atomic E-state index is 0.0160. The Kier molecular flexibility index (Phi) is 3.32. The Balaban J connectivity index is 2.71. The zero-order valence-corrected chi connectivity index (χ0v) is 9.17. The predicted octanol–water partition coefficient (Wildman–Crippen LogP) is 0.445. The smallest absolute Gasteiger partial charge is 0.216 e. The van der Waals surface area contributed by atoms with E-state index in [9.17, 15) is 8.42 Å². The fourth-order valence-electron chi connectivity index (χ4n) is 1.32. The molecular formula is C8H17NO3S. The third kappa shape index (κ3) is 2.42. The summed E-state index contributed by atoms with van der Waals surface area (Å²) in [5.41, 5.74) is 0. The van der Waals surface area contributed by atoms with Crippen LogP contribution >= 0.6 is 0 Å². The van der Waals surface area contributed by atoms with Crippen LogP contribution in [0.1, 0.15) is 20.8 Å². The van der Waals surface area contributed by atoms with Crippen molar-refractivity contribution in [1.29, 1.82) is 0 Å². The van der Waals surface area contributed by atoms with Gasteiger partial charge in [0.25, 0.3) is 0 Å². The number of ether oxygens (including phenoxy) is 1. The predicted molar refractivity (Wildman–Crippen MR) is 51.0 cm³/mol. The first kappa shape index (κ1) is 10.9. The van der Waals surface area contributed by atoms with E-state index in [2.05, 4.69) is 0 Å². The van der Waals surface area contributed by atoms with Gasteiger partial charge in [-0.1, -0.05) is 0 Å². The molecule has 0 aromatic heterocycles. The minimum Gasteiger partial charge on any atom is -0.376 e. The van der Waals surface area contributed by atoms with Crippen LogP contribution in [0.4, 0.5) is 0 Å². The molecule has 0 radical (unpaired) electrons. The lowest BCUT2D eigenvalue weighted by Gasteiger charge is -2.31. The molecule has 0 saturated carbocycles. The molecule has 0 aliphatic carbocycles. The van der Waals surface area contributed by atoms with Gasteiger partial charge in [-0.15, -0.1) is 0 Å². The Morgan fingerprint density at radius 3 is 2.54 bits per heavy atom. The normalized spacial score (nSPS) is 26.6. The molecule has 0 aromatic rings. The van der Waals surface area contributed by atoms with Gasteiger partial charge in [-0.2, -0.15) is 4.31 Å². The standard InChI is InChI=1S/C8H17NO3S/c1-7(2)13(10,11)9-4-5-12-8(3)6-9/h7-8H,4-6H2,1-3H3/t8-/m1/s1. The first-order valence-corrected chi connectivity index (χ1v) is 6.05. The molecule has 0 aromatic carbocycles. The van der Waals surface area contributed by atoms with Crippen LogP contribution in [0.2, 0.25) is 0 Å². The van der Waals surface area contributed by atoms with Gasteiger partial charge in [0.2, 0.25) is 10.0 Å². The summed E-state index contributed by atoms with van der Waals surface area (Å²) in [4.78, 5) is 0. The molecule has 1 fully saturated rings. The summed E-state index contributed by atoms with van der Waals surface area (Å²) in [5.74, 6) is 0. The average Bonchev–Trinajstić information content (AvgIpc) is 2.04. The maximum absolute atomic E-state index is 11.7. The van der Waals surface area contributed by atoms with Crippen LogP contribution in [0, 0.1) is 0 Å². The average molecular weight is 207 g/mol. The molecule has 4 nitrogen and oxygen atoms in total. The Morgan fingerprint density at radius 2 is 2.08 bits per heavy atom. The van der Waals surface area contributed by atoms with Crippen molar-refractivity contribution in [2.24, 2.45) is 0 Å². The summed E-state index contributed by atoms with van der Waals surface area (Å²) in [6, 6.07) is 0. The second kappa shape index (κ2) is 3.94. The quantitative estimate of drug-likeness (QED) is 0.660. The molecule has 0 unspecified atom stereocenters. The summed E-state index contributed by atoms with van der Waals surface area (Å²) in [6.45, 7) is 6.78. The molecule has 5 heteroatoms. The molecule has 0 spiro atoms. The third-order valence-electron chi connectivity index (χ3n) is 2.16. The van der Waals surface area contributed by atoms with E-state index in [1.54, 1.807) is 13.8 Å². The molecular weight excluding hydrogens is 190 g/mol. The van der Waals surface area contributed by atoms with E-state index in [-0.39, 0.29) is 11.4 Å². The van der Waals surface area contributed by atoms with E-state index >= 15 is 0 Å². The van der Waals surface area contributed by atoms with E-state index in [4.69, 9.17) is 4.74 Å². The highest BCUT2D eigenvalue weighted by Crippen LogP contribution is 2.13. The fraction of sp³-hybridized carbons (Fsp3) is 1.00. The van der Waals surface area contributed by atoms with Crippen molar-refractivity contribution in [3.05, 3.63) is 0 Å². The number of hydrogen-bond donors (Lipinski definition) is 0. The maximum atomic E-state index is 11.7. The molecule has 13 heavy (non-hydrogen) atoms. The molecule has 0 N–H and O–H groups in total. The van der Waals surface area contributed by atoms with Crippen LogP contribution in [-0.2, 0) is 14.8 Å². The third-order valence-corrected chi connectivity index (χ3v) is 4.40. The molecule has 1 saturated heterocycles. The number of hydrogen-bond acceptors (Lipinski definition) is 3. The molecule has 0 bridgehead atoms. The van der Waals surface area contributed by atoms with Gasteiger partial charge >= 0.3 is 0 Å². The van der Waals surface area contributed by atoms with Gasteiger partial charge < -0.3 is 4.74 Å².